The molecule has 10 heteroatoms. The maximum Gasteiger partial charge on any atom is 0.221 e. The molecule has 42 heavy (non-hydrogen) atoms. The lowest BCUT2D eigenvalue weighted by atomic mass is 10.1. The van der Waals surface area contributed by atoms with Gasteiger partial charge in [-0.25, -0.2) is 9.15 Å². The van der Waals surface area contributed by atoms with Crippen molar-refractivity contribution in [3.05, 3.63) is 72.1 Å². The molecule has 228 valence electrons. The van der Waals surface area contributed by atoms with E-state index in [-0.39, 0.29) is 26.7 Å². The van der Waals surface area contributed by atoms with Crippen LogP contribution in [0.25, 0.3) is 10.9 Å². The van der Waals surface area contributed by atoms with Crippen LogP contribution in [0.15, 0.2) is 66.5 Å². The summed E-state index contributed by atoms with van der Waals surface area (Å²) in [5, 5.41) is 6.18. The molecule has 1 heterocycles. The van der Waals surface area contributed by atoms with Crippen LogP contribution in [0.4, 0.5) is 17.1 Å². The second-order valence-electron chi connectivity index (χ2n) is 9.56. The smallest absolute Gasteiger partial charge is 0.221 e. The molecule has 0 radical (unpaired) electrons. The van der Waals surface area contributed by atoms with E-state index in [0.29, 0.717) is 16.9 Å². The quantitative estimate of drug-likeness (QED) is 0.169. The van der Waals surface area contributed by atoms with E-state index in [0.717, 1.165) is 22.9 Å². The average molecular weight is 580 g/mol. The van der Waals surface area contributed by atoms with Gasteiger partial charge in [0, 0.05) is 68.4 Å². The highest BCUT2D eigenvalue weighted by Crippen LogP contribution is 2.18. The summed E-state index contributed by atoms with van der Waals surface area (Å²) in [6.07, 6.45) is 8.51. The number of aromatic nitrogens is 1. The molecule has 0 unspecified atom stereocenters. The molecule has 3 rings (SSSR count). The minimum atomic E-state index is -0.121. The molecule has 2 amide bonds. The Kier molecular flexibility index (Phi) is 18.8. The predicted molar refractivity (Wildman–Crippen MR) is 178 cm³/mol. The third-order valence-corrected chi connectivity index (χ3v) is 4.59. The first-order chi connectivity index (χ1) is 18.8. The summed E-state index contributed by atoms with van der Waals surface area (Å²) < 4.78 is 4.07. The normalized spacial score (nSPS) is 8.95. The molecule has 0 saturated carbocycles. The van der Waals surface area contributed by atoms with Crippen molar-refractivity contribution in [3.63, 3.8) is 0 Å². The number of allylic oxidation sites excluding steroid dienone is 1. The van der Waals surface area contributed by atoms with Crippen LogP contribution in [0.1, 0.15) is 39.1 Å². The van der Waals surface area contributed by atoms with Crippen molar-refractivity contribution in [2.45, 2.75) is 28.7 Å². The fourth-order valence-electron chi connectivity index (χ4n) is 3.30. The molecule has 0 atom stereocenters. The van der Waals surface area contributed by atoms with Crippen LogP contribution >= 0.6 is 0 Å². The average Bonchev–Trinajstić information content (AvgIpc) is 2.82. The van der Waals surface area contributed by atoms with Gasteiger partial charge in [0.15, 0.2) is 18.7 Å². The Bertz CT molecular complexity index is 1380. The zero-order valence-electron chi connectivity index (χ0n) is 24.6. The van der Waals surface area contributed by atoms with Crippen molar-refractivity contribution in [1.29, 1.82) is 0 Å². The van der Waals surface area contributed by atoms with Crippen molar-refractivity contribution in [1.82, 2.24) is 9.88 Å². The number of carbonyl (C=O) groups excluding carboxylic acids is 3. The number of aldehydes is 1. The second-order valence-corrected chi connectivity index (χ2v) is 9.56. The van der Waals surface area contributed by atoms with Crippen molar-refractivity contribution in [3.8, 4) is 0 Å². The van der Waals surface area contributed by atoms with Gasteiger partial charge in [-0.3, -0.25) is 19.4 Å². The summed E-state index contributed by atoms with van der Waals surface area (Å²) >= 11 is 0. The molecule has 0 spiro atoms. The van der Waals surface area contributed by atoms with Gasteiger partial charge >= 0.3 is 0 Å². The van der Waals surface area contributed by atoms with Crippen molar-refractivity contribution in [2.24, 2.45) is 0 Å². The van der Waals surface area contributed by atoms with Gasteiger partial charge in [0.25, 0.3) is 0 Å². The predicted octanol–water partition coefficient (Wildman–Crippen LogP) is 4.62. The SMILES string of the molecule is C.C.CC(=O)Nc1ccc2cc(C=O)cnc2c1.CC(=O)Nc1cccc(N)c1.CN(C)C=C(C=[N+](C)C)C=[N+](C)C. The summed E-state index contributed by atoms with van der Waals surface area (Å²) in [4.78, 5) is 38.2. The van der Waals surface area contributed by atoms with E-state index >= 15 is 0 Å². The highest BCUT2D eigenvalue weighted by atomic mass is 16.2. The standard InChI is InChI=1S/C12H10N2O2.C10H21N3.C8H10N2O.2CH4/c1-8(16)14-11-3-2-10-4-9(7-15)6-13-12(10)5-11;1-11(2)7-10(8-12(3)4)9-13(5)6;1-6(11)10-8-4-2-3-7(9)5-8;;/h2-7H,1H3,(H,14,16);7-9H,1-6H3;2-5H,9H2,1H3,(H,10,11);2*1H4/q;+2;;;. The number of nitrogens with one attached hydrogen (secondary N) is 2. The van der Waals surface area contributed by atoms with E-state index in [1.54, 1.807) is 42.5 Å². The van der Waals surface area contributed by atoms with Crippen LogP contribution in [-0.2, 0) is 9.59 Å². The number of fused-ring (bicyclic) bond motifs is 1. The Labute approximate surface area is 251 Å². The molecule has 2 aromatic carbocycles. The van der Waals surface area contributed by atoms with Gasteiger partial charge in [0.05, 0.1) is 5.52 Å². The van der Waals surface area contributed by atoms with Gasteiger partial charge in [-0.05, 0) is 36.4 Å². The van der Waals surface area contributed by atoms with Crippen LogP contribution in [0.5, 0.6) is 0 Å². The first-order valence-electron chi connectivity index (χ1n) is 12.5. The third kappa shape index (κ3) is 17.0. The summed E-state index contributed by atoms with van der Waals surface area (Å²) in [7, 11) is 12.1. The van der Waals surface area contributed by atoms with E-state index in [4.69, 9.17) is 5.73 Å². The van der Waals surface area contributed by atoms with Crippen molar-refractivity contribution >= 4 is 58.5 Å². The van der Waals surface area contributed by atoms with Gasteiger partial charge in [-0.2, -0.15) is 0 Å². The first kappa shape index (κ1) is 39.3. The monoisotopic (exact) mass is 579 g/mol. The lowest BCUT2D eigenvalue weighted by Crippen LogP contribution is -2.11. The number of amides is 2. The highest BCUT2D eigenvalue weighted by Gasteiger charge is 2.01. The molecule has 1 aromatic heterocycles. The molecule has 0 aliphatic carbocycles. The highest BCUT2D eigenvalue weighted by molar-refractivity contribution is 6.00. The van der Waals surface area contributed by atoms with Gasteiger partial charge in [-0.1, -0.05) is 27.0 Å². The largest absolute Gasteiger partial charge is 0.399 e. The van der Waals surface area contributed by atoms with E-state index < -0.39 is 0 Å². The number of nitrogens with two attached hydrogens (primary N) is 1. The zero-order valence-corrected chi connectivity index (χ0v) is 24.6. The Balaban J connectivity index is 0. The fourth-order valence-corrected chi connectivity index (χ4v) is 3.30. The van der Waals surface area contributed by atoms with Gasteiger partial charge < -0.3 is 21.3 Å². The first-order valence-corrected chi connectivity index (χ1v) is 12.5. The lowest BCUT2D eigenvalue weighted by Gasteiger charge is -2.03. The summed E-state index contributed by atoms with van der Waals surface area (Å²) in [6.45, 7) is 2.91. The third-order valence-electron chi connectivity index (χ3n) is 4.59. The molecular weight excluding hydrogens is 530 g/mol. The fraction of sp³-hybridized carbons (Fsp3) is 0.312. The number of anilines is 3. The molecule has 10 nitrogen and oxygen atoms in total. The van der Waals surface area contributed by atoms with Crippen LogP contribution < -0.4 is 16.4 Å². The number of benzene rings is 2. The van der Waals surface area contributed by atoms with Gasteiger partial charge in [0.2, 0.25) is 11.8 Å². The van der Waals surface area contributed by atoms with E-state index in [1.165, 1.54) is 25.6 Å². The summed E-state index contributed by atoms with van der Waals surface area (Å²) in [6, 6.07) is 14.2. The number of nitrogens with zero attached hydrogens (tertiary/aromatic N) is 4. The summed E-state index contributed by atoms with van der Waals surface area (Å²) in [5.41, 5.74) is 10.0. The van der Waals surface area contributed by atoms with Crippen LogP contribution in [0, 0.1) is 0 Å². The maximum atomic E-state index is 10.9. The van der Waals surface area contributed by atoms with Gasteiger partial charge in [-0.15, -0.1) is 0 Å². The van der Waals surface area contributed by atoms with Crippen LogP contribution in [0.3, 0.4) is 0 Å². The number of pyridine rings is 1. The lowest BCUT2D eigenvalue weighted by molar-refractivity contribution is -0.462. The van der Waals surface area contributed by atoms with E-state index in [2.05, 4.69) is 34.2 Å². The van der Waals surface area contributed by atoms with Crippen molar-refractivity contribution < 1.29 is 23.5 Å². The molecule has 4 N–H and O–H groups in total. The van der Waals surface area contributed by atoms with E-state index in [1.807, 2.05) is 62.4 Å². The zero-order chi connectivity index (χ0) is 30.2. The number of rotatable bonds is 6. The number of hydrogen-bond donors (Lipinski definition) is 3. The Hall–Kier alpha value is -4.86. The van der Waals surface area contributed by atoms with Crippen molar-refractivity contribution in [2.75, 3.05) is 58.7 Å². The van der Waals surface area contributed by atoms with Gasteiger partial charge in [0.1, 0.15) is 33.8 Å². The molecule has 0 saturated heterocycles. The molecule has 0 aliphatic heterocycles. The molecular formula is C32H49N7O3+2. The molecule has 0 fully saturated rings. The Morgan fingerprint density at radius 3 is 1.86 bits per heavy atom. The second kappa shape index (κ2) is 20.1. The molecule has 3 aromatic rings. The Morgan fingerprint density at radius 2 is 1.40 bits per heavy atom. The topological polar surface area (TPSA) is 123 Å². The van der Waals surface area contributed by atoms with Crippen LogP contribution in [0.2, 0.25) is 0 Å². The number of carbonyl (C=O) groups is 3. The minimum Gasteiger partial charge on any atom is -0.399 e. The number of hydrogen-bond acceptors (Lipinski definition) is 6. The Morgan fingerprint density at radius 1 is 0.857 bits per heavy atom. The molecule has 0 bridgehead atoms. The minimum absolute atomic E-state index is 0. The van der Waals surface area contributed by atoms with Crippen LogP contribution in [-0.4, -0.2) is 91.9 Å². The maximum absolute atomic E-state index is 10.9. The molecule has 0 aliphatic rings. The summed E-state index contributed by atoms with van der Waals surface area (Å²) in [5.74, 6) is -0.209. The number of nitrogen functional groups attached to an aromatic ring is 1. The van der Waals surface area contributed by atoms with E-state index in [9.17, 15) is 14.4 Å².